The van der Waals surface area contributed by atoms with Gasteiger partial charge in [-0.3, -0.25) is 10.1 Å². The number of benzene rings is 1. The summed E-state index contributed by atoms with van der Waals surface area (Å²) in [4.78, 5) is 21.8. The lowest BCUT2D eigenvalue weighted by molar-refractivity contribution is -0.386. The molecule has 0 bridgehead atoms. The van der Waals surface area contributed by atoms with Gasteiger partial charge < -0.3 is 15.2 Å². The van der Waals surface area contributed by atoms with Crippen LogP contribution in [0, 0.1) is 10.1 Å². The van der Waals surface area contributed by atoms with Crippen molar-refractivity contribution < 1.29 is 19.6 Å². The lowest BCUT2D eigenvalue weighted by atomic mass is 10.00. The van der Waals surface area contributed by atoms with Crippen molar-refractivity contribution in [2.75, 3.05) is 20.7 Å². The van der Waals surface area contributed by atoms with Gasteiger partial charge in [-0.05, 0) is 13.1 Å². The first-order valence-corrected chi connectivity index (χ1v) is 5.21. The number of carbonyl (C=O) groups is 1. The van der Waals surface area contributed by atoms with Gasteiger partial charge in [0.1, 0.15) is 0 Å². The molecule has 7 heteroatoms. The van der Waals surface area contributed by atoms with Crippen LogP contribution >= 0.6 is 0 Å². The number of hydrogen-bond acceptors (Lipinski definition) is 6. The molecule has 1 atom stereocenters. The van der Waals surface area contributed by atoms with Crippen molar-refractivity contribution >= 4 is 11.7 Å². The third kappa shape index (κ3) is 2.82. The molecule has 0 saturated heterocycles. The Bertz CT molecular complexity index is 461. The summed E-state index contributed by atoms with van der Waals surface area (Å²) in [6, 6.07) is 3.99. The van der Waals surface area contributed by atoms with Crippen LogP contribution in [-0.4, -0.2) is 36.7 Å². The summed E-state index contributed by atoms with van der Waals surface area (Å²) < 4.78 is 4.55. The molecule has 0 fully saturated rings. The van der Waals surface area contributed by atoms with Gasteiger partial charge in [0.15, 0.2) is 0 Å². The Kier molecular flexibility index (Phi) is 4.75. The van der Waals surface area contributed by atoms with Gasteiger partial charge in [0.05, 0.1) is 29.3 Å². The molecule has 98 valence electrons. The van der Waals surface area contributed by atoms with Crippen molar-refractivity contribution in [1.29, 1.82) is 0 Å². The van der Waals surface area contributed by atoms with Crippen LogP contribution in [0.2, 0.25) is 0 Å². The highest BCUT2D eigenvalue weighted by Gasteiger charge is 2.27. The summed E-state index contributed by atoms with van der Waals surface area (Å²) in [7, 11) is 2.77. The molecule has 2 N–H and O–H groups in total. The molecule has 0 amide bonds. The third-order valence-electron chi connectivity index (χ3n) is 2.42. The number of aliphatic hydroxyl groups is 1. The topological polar surface area (TPSA) is 102 Å². The van der Waals surface area contributed by atoms with E-state index in [4.69, 9.17) is 0 Å². The number of ether oxygens (including phenoxy) is 1. The molecule has 1 rings (SSSR count). The number of hydrogen-bond donors (Lipinski definition) is 2. The van der Waals surface area contributed by atoms with Gasteiger partial charge >= 0.3 is 5.97 Å². The zero-order valence-corrected chi connectivity index (χ0v) is 10.0. The summed E-state index contributed by atoms with van der Waals surface area (Å²) >= 11 is 0. The summed E-state index contributed by atoms with van der Waals surface area (Å²) in [5.74, 6) is -0.719. The van der Waals surface area contributed by atoms with E-state index in [2.05, 4.69) is 10.1 Å². The fourth-order valence-corrected chi connectivity index (χ4v) is 1.65. The number of rotatable bonds is 5. The van der Waals surface area contributed by atoms with Gasteiger partial charge in [0.2, 0.25) is 0 Å². The lowest BCUT2D eigenvalue weighted by Gasteiger charge is -2.14. The van der Waals surface area contributed by atoms with E-state index >= 15 is 0 Å². The molecule has 0 aliphatic rings. The zero-order valence-electron chi connectivity index (χ0n) is 10.0. The predicted molar refractivity (Wildman–Crippen MR) is 63.3 cm³/mol. The fourth-order valence-electron chi connectivity index (χ4n) is 1.65. The highest BCUT2D eigenvalue weighted by Crippen LogP contribution is 2.28. The summed E-state index contributed by atoms with van der Waals surface area (Å²) in [5, 5.41) is 23.5. The number of carbonyl (C=O) groups excluding carboxylic acids is 1. The summed E-state index contributed by atoms with van der Waals surface area (Å²) in [6.45, 7) is 0.0921. The molecular formula is C11H14N2O5. The summed E-state index contributed by atoms with van der Waals surface area (Å²) in [5.41, 5.74) is -0.348. The third-order valence-corrected chi connectivity index (χ3v) is 2.42. The largest absolute Gasteiger partial charge is 0.465 e. The van der Waals surface area contributed by atoms with E-state index in [0.29, 0.717) is 0 Å². The molecule has 7 nitrogen and oxygen atoms in total. The molecule has 0 spiro atoms. The van der Waals surface area contributed by atoms with Crippen LogP contribution in [0.5, 0.6) is 0 Å². The van der Waals surface area contributed by atoms with Crippen molar-refractivity contribution in [3.05, 3.63) is 39.4 Å². The normalized spacial score (nSPS) is 11.9. The zero-order chi connectivity index (χ0) is 13.7. The average Bonchev–Trinajstić information content (AvgIpc) is 2.37. The van der Waals surface area contributed by atoms with E-state index in [1.165, 1.54) is 25.3 Å². The van der Waals surface area contributed by atoms with Crippen LogP contribution < -0.4 is 5.32 Å². The Morgan fingerprint density at radius 3 is 2.78 bits per heavy atom. The van der Waals surface area contributed by atoms with E-state index in [0.717, 1.165) is 0 Å². The van der Waals surface area contributed by atoms with E-state index < -0.39 is 17.0 Å². The first-order chi connectivity index (χ1) is 8.52. The van der Waals surface area contributed by atoms with Crippen LogP contribution in [0.15, 0.2) is 18.2 Å². The monoisotopic (exact) mass is 254 g/mol. The number of likely N-dealkylation sites (N-methyl/N-ethyl adjacent to an activating group) is 1. The molecule has 0 saturated carbocycles. The van der Waals surface area contributed by atoms with Crippen LogP contribution in [-0.2, 0) is 4.74 Å². The van der Waals surface area contributed by atoms with E-state index in [1.54, 1.807) is 7.05 Å². The molecule has 0 heterocycles. The molecule has 1 aromatic rings. The van der Waals surface area contributed by atoms with Gasteiger partial charge in [-0.2, -0.15) is 0 Å². The maximum atomic E-state index is 11.5. The molecule has 18 heavy (non-hydrogen) atoms. The van der Waals surface area contributed by atoms with Gasteiger partial charge in [-0.15, -0.1) is 0 Å². The molecule has 0 radical (unpaired) electrons. The number of aliphatic hydroxyl groups excluding tert-OH is 1. The number of nitro groups is 1. The van der Waals surface area contributed by atoms with Crippen LogP contribution in [0.3, 0.4) is 0 Å². The Hall–Kier alpha value is -1.99. The van der Waals surface area contributed by atoms with Gasteiger partial charge in [0.25, 0.3) is 5.69 Å². The Morgan fingerprint density at radius 2 is 2.28 bits per heavy atom. The molecule has 0 aliphatic carbocycles. The minimum Gasteiger partial charge on any atom is -0.465 e. The number of nitrogens with one attached hydrogen (secondary N) is 1. The first kappa shape index (κ1) is 14.1. The quantitative estimate of drug-likeness (QED) is 0.454. The molecule has 0 aromatic heterocycles. The number of nitrogens with zero attached hydrogens (tertiary/aromatic N) is 1. The Balaban J connectivity index is 3.38. The maximum absolute atomic E-state index is 11.5. The predicted octanol–water partition coefficient (Wildman–Crippen LogP) is 0.634. The molecule has 1 unspecified atom stereocenters. The van der Waals surface area contributed by atoms with Crippen LogP contribution in [0.1, 0.15) is 22.0 Å². The highest BCUT2D eigenvalue weighted by atomic mass is 16.6. The minimum atomic E-state index is -1.16. The van der Waals surface area contributed by atoms with Crippen molar-refractivity contribution in [2.45, 2.75) is 6.10 Å². The van der Waals surface area contributed by atoms with Crippen molar-refractivity contribution in [1.82, 2.24) is 5.32 Å². The molecule has 0 aliphatic heterocycles. The Morgan fingerprint density at radius 1 is 1.61 bits per heavy atom. The van der Waals surface area contributed by atoms with E-state index in [-0.39, 0.29) is 23.4 Å². The fraction of sp³-hybridized carbons (Fsp3) is 0.364. The number of nitro benzene ring substituents is 1. The second kappa shape index (κ2) is 6.08. The first-order valence-electron chi connectivity index (χ1n) is 5.21. The van der Waals surface area contributed by atoms with Crippen molar-refractivity contribution in [3.8, 4) is 0 Å². The van der Waals surface area contributed by atoms with Crippen LogP contribution in [0.4, 0.5) is 5.69 Å². The van der Waals surface area contributed by atoms with Gasteiger partial charge in [0, 0.05) is 12.6 Å². The molecule has 1 aromatic carbocycles. The smallest absolute Gasteiger partial charge is 0.338 e. The van der Waals surface area contributed by atoms with Crippen molar-refractivity contribution in [3.63, 3.8) is 0 Å². The van der Waals surface area contributed by atoms with Gasteiger partial charge in [-0.25, -0.2) is 4.79 Å². The second-order valence-corrected chi connectivity index (χ2v) is 3.56. The van der Waals surface area contributed by atoms with Gasteiger partial charge in [-0.1, -0.05) is 6.07 Å². The van der Waals surface area contributed by atoms with Crippen LogP contribution in [0.25, 0.3) is 0 Å². The van der Waals surface area contributed by atoms with Crippen molar-refractivity contribution in [2.24, 2.45) is 0 Å². The number of esters is 1. The van der Waals surface area contributed by atoms with E-state index in [1.807, 2.05) is 0 Å². The number of methoxy groups -OCH3 is 1. The lowest BCUT2D eigenvalue weighted by Crippen LogP contribution is -2.20. The average molecular weight is 254 g/mol. The Labute approximate surface area is 104 Å². The van der Waals surface area contributed by atoms with E-state index in [9.17, 15) is 20.0 Å². The summed E-state index contributed by atoms with van der Waals surface area (Å²) in [6.07, 6.45) is -1.16. The molecular weight excluding hydrogens is 240 g/mol. The standard InChI is InChI=1S/C11H14N2O5/c1-12-6-9(14)10-7(11(15)18-2)4-3-5-8(10)13(16)17/h3-5,9,12,14H,6H2,1-2H3. The maximum Gasteiger partial charge on any atom is 0.338 e. The SMILES string of the molecule is CNCC(O)c1c(C(=O)OC)cccc1[N+](=O)[O-]. The second-order valence-electron chi connectivity index (χ2n) is 3.56. The minimum absolute atomic E-state index is 0.00514. The highest BCUT2D eigenvalue weighted by molar-refractivity contribution is 5.92.